The Kier molecular flexibility index (Phi) is 5.19. The SMILES string of the molecule is CC1(C)CC(=O)C2=C(C1)NC1NNC(c3ccc([N+](=O)[O-])cc3)C1C2c1cccc(Br)c1. The lowest BCUT2D eigenvalue weighted by Crippen LogP contribution is -2.51. The van der Waals surface area contributed by atoms with Gasteiger partial charge in [0.15, 0.2) is 5.78 Å². The maximum atomic E-state index is 13.4. The molecule has 32 heavy (non-hydrogen) atoms. The van der Waals surface area contributed by atoms with E-state index in [4.69, 9.17) is 0 Å². The predicted octanol–water partition coefficient (Wildman–Crippen LogP) is 4.48. The first-order valence-corrected chi connectivity index (χ1v) is 11.6. The molecule has 1 fully saturated rings. The van der Waals surface area contributed by atoms with E-state index in [0.29, 0.717) is 6.42 Å². The van der Waals surface area contributed by atoms with E-state index in [1.807, 2.05) is 12.1 Å². The van der Waals surface area contributed by atoms with Crippen LogP contribution >= 0.6 is 15.9 Å². The summed E-state index contributed by atoms with van der Waals surface area (Å²) >= 11 is 3.59. The molecule has 0 radical (unpaired) electrons. The van der Waals surface area contributed by atoms with E-state index in [0.717, 1.165) is 33.3 Å². The molecule has 3 aliphatic rings. The molecule has 4 atom stereocenters. The van der Waals surface area contributed by atoms with Crippen LogP contribution < -0.4 is 16.2 Å². The van der Waals surface area contributed by atoms with Gasteiger partial charge in [0.1, 0.15) is 0 Å². The third kappa shape index (κ3) is 3.66. The number of Topliss-reactive ketones (excluding diaryl/α,β-unsaturated/α-hetero) is 1. The molecule has 4 unspecified atom stereocenters. The van der Waals surface area contributed by atoms with Crippen LogP contribution in [0.15, 0.2) is 64.3 Å². The fourth-order valence-corrected chi connectivity index (χ4v) is 5.90. The lowest BCUT2D eigenvalue weighted by molar-refractivity contribution is -0.384. The summed E-state index contributed by atoms with van der Waals surface area (Å²) in [5.41, 5.74) is 10.7. The Labute approximate surface area is 194 Å². The Morgan fingerprint density at radius 1 is 1.06 bits per heavy atom. The van der Waals surface area contributed by atoms with Crippen molar-refractivity contribution in [1.82, 2.24) is 16.2 Å². The lowest BCUT2D eigenvalue weighted by Gasteiger charge is -2.44. The molecule has 0 amide bonds. The first kappa shape index (κ1) is 21.3. The molecule has 7 nitrogen and oxygen atoms in total. The summed E-state index contributed by atoms with van der Waals surface area (Å²) in [6.07, 6.45) is 1.28. The van der Waals surface area contributed by atoms with E-state index in [2.05, 4.69) is 58.1 Å². The molecule has 0 bridgehead atoms. The minimum absolute atomic E-state index is 0.00895. The van der Waals surface area contributed by atoms with E-state index in [9.17, 15) is 14.9 Å². The van der Waals surface area contributed by atoms with E-state index in [1.165, 1.54) is 12.1 Å². The molecule has 0 aromatic heterocycles. The van der Waals surface area contributed by atoms with Crippen LogP contribution in [0.2, 0.25) is 0 Å². The van der Waals surface area contributed by atoms with E-state index < -0.39 is 0 Å². The Bertz CT molecular complexity index is 1130. The van der Waals surface area contributed by atoms with Crippen molar-refractivity contribution in [2.24, 2.45) is 11.3 Å². The maximum Gasteiger partial charge on any atom is 0.269 e. The summed E-state index contributed by atoms with van der Waals surface area (Å²) in [6.45, 7) is 4.27. The smallest absolute Gasteiger partial charge is 0.269 e. The average molecular weight is 497 g/mol. The Morgan fingerprint density at radius 2 is 1.81 bits per heavy atom. The van der Waals surface area contributed by atoms with Gasteiger partial charge in [0.25, 0.3) is 5.69 Å². The number of hydrogen-bond donors (Lipinski definition) is 3. The highest BCUT2D eigenvalue weighted by Crippen LogP contribution is 2.51. The quantitative estimate of drug-likeness (QED) is 0.428. The third-order valence-corrected chi connectivity index (χ3v) is 7.27. The van der Waals surface area contributed by atoms with Gasteiger partial charge in [-0.15, -0.1) is 0 Å². The van der Waals surface area contributed by atoms with Crippen LogP contribution in [0.4, 0.5) is 5.69 Å². The number of carbonyl (C=O) groups excluding carboxylic acids is 1. The number of carbonyl (C=O) groups is 1. The van der Waals surface area contributed by atoms with E-state index in [-0.39, 0.29) is 45.9 Å². The van der Waals surface area contributed by atoms with Crippen molar-refractivity contribution in [3.05, 3.63) is 85.5 Å². The predicted molar refractivity (Wildman–Crippen MR) is 124 cm³/mol. The maximum absolute atomic E-state index is 13.4. The molecule has 166 valence electrons. The van der Waals surface area contributed by atoms with Crippen LogP contribution in [0.25, 0.3) is 0 Å². The first-order valence-electron chi connectivity index (χ1n) is 10.8. The molecule has 0 saturated carbocycles. The number of ketones is 1. The molecule has 1 saturated heterocycles. The number of hydrazine groups is 1. The number of nitrogens with one attached hydrogen (secondary N) is 3. The highest BCUT2D eigenvalue weighted by molar-refractivity contribution is 9.10. The molecule has 5 rings (SSSR count). The molecule has 8 heteroatoms. The van der Waals surface area contributed by atoms with E-state index >= 15 is 0 Å². The number of hydrogen-bond acceptors (Lipinski definition) is 6. The number of allylic oxidation sites excluding steroid dienone is 2. The fraction of sp³-hybridized carbons (Fsp3) is 0.375. The highest BCUT2D eigenvalue weighted by atomic mass is 79.9. The van der Waals surface area contributed by atoms with Gasteiger partial charge in [-0.05, 0) is 35.1 Å². The van der Waals surface area contributed by atoms with Gasteiger partial charge in [0.05, 0.1) is 17.1 Å². The van der Waals surface area contributed by atoms with Crippen molar-refractivity contribution < 1.29 is 9.72 Å². The van der Waals surface area contributed by atoms with Crippen molar-refractivity contribution in [3.63, 3.8) is 0 Å². The number of rotatable bonds is 3. The highest BCUT2D eigenvalue weighted by Gasteiger charge is 2.51. The van der Waals surface area contributed by atoms with Crippen molar-refractivity contribution in [2.75, 3.05) is 0 Å². The number of benzene rings is 2. The molecule has 0 spiro atoms. The normalized spacial score (nSPS) is 28.7. The van der Waals surface area contributed by atoms with Crippen LogP contribution in [-0.4, -0.2) is 16.9 Å². The summed E-state index contributed by atoms with van der Waals surface area (Å²) in [5.74, 6) is 0.108. The van der Waals surface area contributed by atoms with Crippen LogP contribution in [-0.2, 0) is 4.79 Å². The monoisotopic (exact) mass is 496 g/mol. The second-order valence-electron chi connectivity index (χ2n) is 9.68. The van der Waals surface area contributed by atoms with Crippen LogP contribution in [0.5, 0.6) is 0 Å². The van der Waals surface area contributed by atoms with Gasteiger partial charge in [-0.2, -0.15) is 0 Å². The largest absolute Gasteiger partial charge is 0.371 e. The van der Waals surface area contributed by atoms with Crippen LogP contribution in [0, 0.1) is 21.4 Å². The van der Waals surface area contributed by atoms with Gasteiger partial charge >= 0.3 is 0 Å². The fourth-order valence-electron chi connectivity index (χ4n) is 5.48. The minimum Gasteiger partial charge on any atom is -0.371 e. The minimum atomic E-state index is -0.390. The van der Waals surface area contributed by atoms with Gasteiger partial charge in [0, 0.05) is 46.1 Å². The zero-order valence-electron chi connectivity index (χ0n) is 17.9. The van der Waals surface area contributed by atoms with Gasteiger partial charge in [-0.3, -0.25) is 14.9 Å². The zero-order chi connectivity index (χ0) is 22.6. The topological polar surface area (TPSA) is 96.3 Å². The molecule has 2 aromatic carbocycles. The van der Waals surface area contributed by atoms with Gasteiger partial charge < -0.3 is 5.32 Å². The van der Waals surface area contributed by atoms with Gasteiger partial charge in [-0.1, -0.05) is 54.0 Å². The van der Waals surface area contributed by atoms with Crippen molar-refractivity contribution in [1.29, 1.82) is 0 Å². The Morgan fingerprint density at radius 3 is 2.50 bits per heavy atom. The van der Waals surface area contributed by atoms with E-state index in [1.54, 1.807) is 12.1 Å². The number of nitro benzene ring substituents is 1. The molecule has 2 aliphatic heterocycles. The second-order valence-corrected chi connectivity index (χ2v) is 10.6. The first-order chi connectivity index (χ1) is 15.2. The van der Waals surface area contributed by atoms with Crippen molar-refractivity contribution in [2.45, 2.75) is 44.8 Å². The number of halogens is 1. The Hall–Kier alpha value is -2.55. The van der Waals surface area contributed by atoms with Gasteiger partial charge in [0.2, 0.25) is 0 Å². The molecular weight excluding hydrogens is 472 g/mol. The summed E-state index contributed by atoms with van der Waals surface area (Å²) in [4.78, 5) is 24.1. The lowest BCUT2D eigenvalue weighted by atomic mass is 9.65. The summed E-state index contributed by atoms with van der Waals surface area (Å²) in [5, 5.41) is 14.7. The average Bonchev–Trinajstić information content (AvgIpc) is 3.15. The number of nitrogens with zero attached hydrogens (tertiary/aromatic N) is 1. The van der Waals surface area contributed by atoms with Crippen LogP contribution in [0.3, 0.4) is 0 Å². The summed E-state index contributed by atoms with van der Waals surface area (Å²) in [6, 6.07) is 14.7. The number of nitro groups is 1. The second kappa shape index (κ2) is 7.79. The van der Waals surface area contributed by atoms with Crippen LogP contribution in [0.1, 0.15) is 49.8 Å². The Balaban J connectivity index is 1.62. The number of non-ortho nitro benzene ring substituents is 1. The summed E-state index contributed by atoms with van der Waals surface area (Å²) < 4.78 is 0.974. The third-order valence-electron chi connectivity index (χ3n) is 6.78. The number of fused-ring (bicyclic) bond motifs is 1. The molecule has 3 N–H and O–H groups in total. The molecular formula is C24H25BrN4O3. The molecule has 2 heterocycles. The van der Waals surface area contributed by atoms with Gasteiger partial charge in [-0.25, -0.2) is 10.9 Å². The zero-order valence-corrected chi connectivity index (χ0v) is 19.5. The van der Waals surface area contributed by atoms with Crippen molar-refractivity contribution >= 4 is 27.4 Å². The molecule has 2 aromatic rings. The summed E-state index contributed by atoms with van der Waals surface area (Å²) in [7, 11) is 0. The molecule has 1 aliphatic carbocycles. The van der Waals surface area contributed by atoms with Crippen molar-refractivity contribution in [3.8, 4) is 0 Å². The standard InChI is InChI=1S/C24H25BrN4O3/c1-24(2)11-17-20(18(30)12-24)19(14-4-3-5-15(25)10-14)21-22(27-28-23(21)26-17)13-6-8-16(9-7-13)29(31)32/h3-10,19,21-23,26-28H,11-12H2,1-2H3.